The summed E-state index contributed by atoms with van der Waals surface area (Å²) in [6, 6.07) is 11.8. The van der Waals surface area contributed by atoms with Crippen molar-refractivity contribution in [2.45, 2.75) is 32.2 Å². The number of hydrogen-bond acceptors (Lipinski definition) is 6. The lowest BCUT2D eigenvalue weighted by atomic mass is 10.1. The van der Waals surface area contributed by atoms with Crippen molar-refractivity contribution in [1.82, 2.24) is 14.4 Å². The third-order valence-electron chi connectivity index (χ3n) is 6.13. The van der Waals surface area contributed by atoms with Gasteiger partial charge in [0.05, 0.1) is 11.6 Å². The number of nitrogens with one attached hydrogen (secondary N) is 1. The lowest BCUT2D eigenvalue weighted by molar-refractivity contribution is -0.137. The second-order valence-corrected chi connectivity index (χ2v) is 8.52. The molecule has 4 aromatic rings. The molecule has 1 atom stereocenters. The summed E-state index contributed by atoms with van der Waals surface area (Å²) >= 11 is 0. The molecule has 2 N–H and O–H groups in total. The number of halogens is 3. The van der Waals surface area contributed by atoms with Gasteiger partial charge >= 0.3 is 12.1 Å². The van der Waals surface area contributed by atoms with Crippen LogP contribution in [-0.2, 0) is 19.3 Å². The maximum absolute atomic E-state index is 13.7. The first-order valence-corrected chi connectivity index (χ1v) is 11.0. The van der Waals surface area contributed by atoms with Gasteiger partial charge < -0.3 is 15.3 Å². The van der Waals surface area contributed by atoms with Gasteiger partial charge in [0.2, 0.25) is 0 Å². The Kier molecular flexibility index (Phi) is 5.62. The Morgan fingerprint density at radius 2 is 1.81 bits per heavy atom. The van der Waals surface area contributed by atoms with Crippen LogP contribution in [0.1, 0.15) is 45.6 Å². The van der Waals surface area contributed by atoms with Gasteiger partial charge in [0, 0.05) is 37.1 Å². The quantitative estimate of drug-likeness (QED) is 0.421. The second-order valence-electron chi connectivity index (χ2n) is 8.52. The normalized spacial score (nSPS) is 14.1. The number of rotatable bonds is 5. The molecule has 11 heteroatoms. The Morgan fingerprint density at radius 3 is 2.44 bits per heavy atom. The molecule has 0 aliphatic carbocycles. The molecule has 0 spiro atoms. The van der Waals surface area contributed by atoms with E-state index in [0.29, 0.717) is 18.9 Å². The van der Waals surface area contributed by atoms with E-state index in [2.05, 4.69) is 15.3 Å². The smallest absolute Gasteiger partial charge is 0.417 e. The molecule has 0 saturated heterocycles. The Hall–Kier alpha value is -4.41. The largest absolute Gasteiger partial charge is 0.478 e. The molecule has 1 aromatic carbocycles. The fourth-order valence-electron chi connectivity index (χ4n) is 4.32. The van der Waals surface area contributed by atoms with Crippen molar-refractivity contribution < 1.29 is 23.1 Å². The number of aromatic carboxylic acids is 1. The van der Waals surface area contributed by atoms with Crippen LogP contribution < -0.4 is 15.8 Å². The van der Waals surface area contributed by atoms with Crippen LogP contribution in [0, 0.1) is 0 Å². The zero-order valence-corrected chi connectivity index (χ0v) is 19.0. The number of nitrogens with zero attached hydrogens (tertiary/aromatic N) is 4. The molecule has 8 nitrogen and oxygen atoms in total. The van der Waals surface area contributed by atoms with Gasteiger partial charge in [-0.3, -0.25) is 9.20 Å². The van der Waals surface area contributed by atoms with Crippen LogP contribution in [0.3, 0.4) is 0 Å². The van der Waals surface area contributed by atoms with Crippen molar-refractivity contribution in [3.8, 4) is 0 Å². The SMILES string of the molecule is C[C@@H](Nc1ncccc1C(=O)O)c1cc(C(F)(F)F)cn2c(=O)cc(N3Cc4ccccc4C3)nc12. The minimum absolute atomic E-state index is 0.0124. The number of carboxylic acid groups (broad SMARTS) is 1. The average molecular weight is 495 g/mol. The van der Waals surface area contributed by atoms with Gasteiger partial charge in [0.15, 0.2) is 0 Å². The molecule has 3 aromatic heterocycles. The zero-order valence-electron chi connectivity index (χ0n) is 19.0. The van der Waals surface area contributed by atoms with E-state index in [1.165, 1.54) is 24.4 Å². The molecule has 0 unspecified atom stereocenters. The molecule has 1 aliphatic rings. The van der Waals surface area contributed by atoms with Gasteiger partial charge in [-0.05, 0) is 36.2 Å². The van der Waals surface area contributed by atoms with Gasteiger partial charge in [0.1, 0.15) is 22.8 Å². The number of carbonyl (C=O) groups is 1. The highest BCUT2D eigenvalue weighted by molar-refractivity contribution is 5.93. The second kappa shape index (κ2) is 8.67. The molecular weight excluding hydrogens is 475 g/mol. The molecule has 0 fully saturated rings. The van der Waals surface area contributed by atoms with E-state index in [9.17, 15) is 27.9 Å². The summed E-state index contributed by atoms with van der Waals surface area (Å²) in [5.74, 6) is -0.910. The standard InChI is InChI=1S/C25H20F3N5O3/c1-14(30-22-18(24(35)36)7-4-8-29-22)19-9-17(25(26,27)28)13-33-21(34)10-20(31-23(19)33)32-11-15-5-2-3-6-16(15)12-32/h2-10,13-14H,11-12H2,1H3,(H,29,30)(H,35,36)/t14-/m1/s1. The van der Waals surface area contributed by atoms with Crippen LogP contribution in [0.15, 0.2) is 65.7 Å². The summed E-state index contributed by atoms with van der Waals surface area (Å²) in [7, 11) is 0. The lowest BCUT2D eigenvalue weighted by Gasteiger charge is -2.22. The third kappa shape index (κ3) is 4.23. The first-order chi connectivity index (χ1) is 17.1. The average Bonchev–Trinajstić information content (AvgIpc) is 3.27. The number of carboxylic acids is 1. The van der Waals surface area contributed by atoms with Gasteiger partial charge in [-0.25, -0.2) is 14.8 Å². The molecule has 1 aliphatic heterocycles. The number of hydrogen-bond donors (Lipinski definition) is 2. The van der Waals surface area contributed by atoms with Gasteiger partial charge in [-0.1, -0.05) is 24.3 Å². The van der Waals surface area contributed by atoms with Crippen LogP contribution in [-0.4, -0.2) is 25.4 Å². The predicted molar refractivity (Wildman–Crippen MR) is 126 cm³/mol. The third-order valence-corrected chi connectivity index (χ3v) is 6.13. The highest BCUT2D eigenvalue weighted by atomic mass is 19.4. The summed E-state index contributed by atoms with van der Waals surface area (Å²) in [5, 5.41) is 12.3. The van der Waals surface area contributed by atoms with E-state index in [0.717, 1.165) is 27.8 Å². The molecule has 0 saturated carbocycles. The summed E-state index contributed by atoms with van der Waals surface area (Å²) in [6.07, 6.45) is -2.61. The molecule has 0 amide bonds. The minimum atomic E-state index is -4.71. The zero-order chi connectivity index (χ0) is 25.6. The number of benzene rings is 1. The molecule has 0 radical (unpaired) electrons. The fraction of sp³-hybridized carbons (Fsp3) is 0.200. The minimum Gasteiger partial charge on any atom is -0.478 e. The molecule has 184 valence electrons. The molecular formula is C25H20F3N5O3. The van der Waals surface area contributed by atoms with E-state index < -0.39 is 29.3 Å². The van der Waals surface area contributed by atoms with E-state index in [1.807, 2.05) is 29.2 Å². The van der Waals surface area contributed by atoms with Crippen molar-refractivity contribution in [3.05, 3.63) is 99.1 Å². The number of aromatic nitrogens is 3. The van der Waals surface area contributed by atoms with Gasteiger partial charge in [0.25, 0.3) is 5.56 Å². The van der Waals surface area contributed by atoms with Crippen molar-refractivity contribution in [2.75, 3.05) is 10.2 Å². The van der Waals surface area contributed by atoms with Crippen LogP contribution in [0.5, 0.6) is 0 Å². The van der Waals surface area contributed by atoms with Crippen molar-refractivity contribution in [3.63, 3.8) is 0 Å². The Labute approximate surface area is 202 Å². The molecule has 0 bridgehead atoms. The first-order valence-electron chi connectivity index (χ1n) is 11.0. The van der Waals surface area contributed by atoms with E-state index >= 15 is 0 Å². The van der Waals surface area contributed by atoms with Crippen LogP contribution in [0.2, 0.25) is 0 Å². The van der Waals surface area contributed by atoms with E-state index in [1.54, 1.807) is 6.92 Å². The monoisotopic (exact) mass is 495 g/mol. The number of pyridine rings is 2. The fourth-order valence-corrected chi connectivity index (χ4v) is 4.32. The topological polar surface area (TPSA) is 99.8 Å². The predicted octanol–water partition coefficient (Wildman–Crippen LogP) is 4.50. The molecule has 36 heavy (non-hydrogen) atoms. The Bertz CT molecular complexity index is 1530. The van der Waals surface area contributed by atoms with Gasteiger partial charge in [-0.2, -0.15) is 13.2 Å². The lowest BCUT2D eigenvalue weighted by Crippen LogP contribution is -2.25. The maximum atomic E-state index is 13.7. The number of anilines is 2. The molecule has 4 heterocycles. The van der Waals surface area contributed by atoms with Crippen LogP contribution in [0.25, 0.3) is 5.65 Å². The molecule has 5 rings (SSSR count). The number of fused-ring (bicyclic) bond motifs is 2. The van der Waals surface area contributed by atoms with E-state index in [-0.39, 0.29) is 22.6 Å². The summed E-state index contributed by atoms with van der Waals surface area (Å²) < 4.78 is 42.0. The Morgan fingerprint density at radius 1 is 1.11 bits per heavy atom. The van der Waals surface area contributed by atoms with E-state index in [4.69, 9.17) is 0 Å². The maximum Gasteiger partial charge on any atom is 0.417 e. The summed E-state index contributed by atoms with van der Waals surface area (Å²) in [4.78, 5) is 35.1. The highest BCUT2D eigenvalue weighted by Gasteiger charge is 2.33. The first kappa shape index (κ1) is 23.3. The summed E-state index contributed by atoms with van der Waals surface area (Å²) in [6.45, 7) is 2.58. The van der Waals surface area contributed by atoms with Crippen LogP contribution >= 0.6 is 0 Å². The Balaban J connectivity index is 1.63. The highest BCUT2D eigenvalue weighted by Crippen LogP contribution is 2.34. The van der Waals surface area contributed by atoms with Gasteiger partial charge in [-0.15, -0.1) is 0 Å². The van der Waals surface area contributed by atoms with Crippen molar-refractivity contribution >= 4 is 23.3 Å². The number of alkyl halides is 3. The van der Waals surface area contributed by atoms with Crippen molar-refractivity contribution in [1.29, 1.82) is 0 Å². The summed E-state index contributed by atoms with van der Waals surface area (Å²) in [5.41, 5.74) is 0.452. The van der Waals surface area contributed by atoms with Crippen LogP contribution in [0.4, 0.5) is 24.8 Å². The van der Waals surface area contributed by atoms with Crippen molar-refractivity contribution in [2.24, 2.45) is 0 Å².